The topological polar surface area (TPSA) is 96.2 Å². The zero-order valence-electron chi connectivity index (χ0n) is 12.5. The summed E-state index contributed by atoms with van der Waals surface area (Å²) in [7, 11) is 1.68. The Bertz CT molecular complexity index is 490. The molecule has 2 unspecified atom stereocenters. The van der Waals surface area contributed by atoms with Crippen LogP contribution in [0.3, 0.4) is 0 Å². The molecule has 1 heterocycles. The van der Waals surface area contributed by atoms with E-state index in [-0.39, 0.29) is 11.5 Å². The highest BCUT2D eigenvalue weighted by atomic mass is 16.4. The second kappa shape index (κ2) is 5.94. The van der Waals surface area contributed by atoms with Gasteiger partial charge in [-0.05, 0) is 12.3 Å². The van der Waals surface area contributed by atoms with Gasteiger partial charge in [-0.2, -0.15) is 5.10 Å². The SMILES string of the molecule is CC(NC(=O)NC(C(=O)O)c1cnn(C)c1)C(C)(C)C. The van der Waals surface area contributed by atoms with Crippen LogP contribution in [0.1, 0.15) is 39.3 Å². The molecule has 2 amide bonds. The number of nitrogens with one attached hydrogen (secondary N) is 2. The molecule has 3 N–H and O–H groups in total. The third-order valence-corrected chi connectivity index (χ3v) is 3.23. The molecule has 1 aromatic rings. The molecule has 20 heavy (non-hydrogen) atoms. The average molecular weight is 282 g/mol. The van der Waals surface area contributed by atoms with Gasteiger partial charge in [0.1, 0.15) is 0 Å². The lowest BCUT2D eigenvalue weighted by Gasteiger charge is -2.28. The molecule has 0 saturated heterocycles. The third-order valence-electron chi connectivity index (χ3n) is 3.23. The Morgan fingerprint density at radius 3 is 2.35 bits per heavy atom. The number of urea groups is 1. The van der Waals surface area contributed by atoms with Gasteiger partial charge >= 0.3 is 12.0 Å². The van der Waals surface area contributed by atoms with E-state index in [9.17, 15) is 14.7 Å². The van der Waals surface area contributed by atoms with Crippen LogP contribution in [0.5, 0.6) is 0 Å². The number of carbonyl (C=O) groups is 2. The Labute approximate surface area is 118 Å². The average Bonchev–Trinajstić information content (AvgIpc) is 2.70. The van der Waals surface area contributed by atoms with Gasteiger partial charge in [0.25, 0.3) is 0 Å². The second-order valence-electron chi connectivity index (χ2n) is 5.92. The van der Waals surface area contributed by atoms with Crippen molar-refractivity contribution in [1.82, 2.24) is 20.4 Å². The van der Waals surface area contributed by atoms with Crippen molar-refractivity contribution in [3.8, 4) is 0 Å². The van der Waals surface area contributed by atoms with Crippen LogP contribution in [0.15, 0.2) is 12.4 Å². The van der Waals surface area contributed by atoms with Gasteiger partial charge in [0.05, 0.1) is 6.20 Å². The molecular formula is C13H22N4O3. The molecule has 0 fully saturated rings. The van der Waals surface area contributed by atoms with Gasteiger partial charge in [0, 0.05) is 24.8 Å². The minimum Gasteiger partial charge on any atom is -0.479 e. The summed E-state index contributed by atoms with van der Waals surface area (Å²) >= 11 is 0. The number of hydrogen-bond donors (Lipinski definition) is 3. The zero-order valence-corrected chi connectivity index (χ0v) is 12.5. The second-order valence-corrected chi connectivity index (χ2v) is 5.92. The van der Waals surface area contributed by atoms with Crippen LogP contribution in [-0.4, -0.2) is 32.9 Å². The lowest BCUT2D eigenvalue weighted by Crippen LogP contribution is -2.48. The van der Waals surface area contributed by atoms with Crippen molar-refractivity contribution >= 4 is 12.0 Å². The van der Waals surface area contributed by atoms with E-state index in [0.717, 1.165) is 0 Å². The van der Waals surface area contributed by atoms with Crippen molar-refractivity contribution in [3.05, 3.63) is 18.0 Å². The molecule has 0 saturated carbocycles. The van der Waals surface area contributed by atoms with Gasteiger partial charge in [-0.1, -0.05) is 20.8 Å². The van der Waals surface area contributed by atoms with E-state index in [4.69, 9.17) is 0 Å². The van der Waals surface area contributed by atoms with Crippen molar-refractivity contribution in [1.29, 1.82) is 0 Å². The fourth-order valence-electron chi connectivity index (χ4n) is 1.46. The predicted octanol–water partition coefficient (Wildman–Crippen LogP) is 1.28. The molecule has 0 aromatic carbocycles. The summed E-state index contributed by atoms with van der Waals surface area (Å²) < 4.78 is 1.49. The minimum atomic E-state index is -1.13. The van der Waals surface area contributed by atoms with Gasteiger partial charge in [0.15, 0.2) is 6.04 Å². The molecule has 0 aliphatic heterocycles. The van der Waals surface area contributed by atoms with Crippen LogP contribution >= 0.6 is 0 Å². The summed E-state index contributed by atoms with van der Waals surface area (Å²) in [5.41, 5.74) is 0.322. The van der Waals surface area contributed by atoms with Crippen molar-refractivity contribution in [2.75, 3.05) is 0 Å². The summed E-state index contributed by atoms with van der Waals surface area (Å²) in [5, 5.41) is 18.3. The van der Waals surface area contributed by atoms with Crippen LogP contribution in [0.4, 0.5) is 4.79 Å². The van der Waals surface area contributed by atoms with Crippen molar-refractivity contribution < 1.29 is 14.7 Å². The summed E-state index contributed by atoms with van der Waals surface area (Å²) in [6.45, 7) is 7.86. The van der Waals surface area contributed by atoms with E-state index in [1.54, 1.807) is 13.2 Å². The van der Waals surface area contributed by atoms with E-state index in [1.165, 1.54) is 10.9 Å². The normalized spacial score (nSPS) is 14.4. The maximum atomic E-state index is 11.9. The van der Waals surface area contributed by atoms with Gasteiger partial charge < -0.3 is 15.7 Å². The summed E-state index contributed by atoms with van der Waals surface area (Å²) in [4.78, 5) is 23.1. The van der Waals surface area contributed by atoms with Crippen molar-refractivity contribution in [2.24, 2.45) is 12.5 Å². The standard InChI is InChI=1S/C13H22N4O3/c1-8(13(2,3)4)15-12(20)16-10(11(18)19)9-6-14-17(5)7-9/h6-8,10H,1-5H3,(H,18,19)(H2,15,16,20). The van der Waals surface area contributed by atoms with E-state index < -0.39 is 18.0 Å². The number of amides is 2. The maximum Gasteiger partial charge on any atom is 0.331 e. The first kappa shape index (κ1) is 16.0. The maximum absolute atomic E-state index is 11.9. The van der Waals surface area contributed by atoms with Gasteiger partial charge in [-0.15, -0.1) is 0 Å². The van der Waals surface area contributed by atoms with Crippen LogP contribution in [0.2, 0.25) is 0 Å². The van der Waals surface area contributed by atoms with Gasteiger partial charge in [-0.3, -0.25) is 4.68 Å². The van der Waals surface area contributed by atoms with E-state index >= 15 is 0 Å². The van der Waals surface area contributed by atoms with E-state index in [2.05, 4.69) is 15.7 Å². The Kier molecular flexibility index (Phi) is 4.75. The Morgan fingerprint density at radius 2 is 1.95 bits per heavy atom. The zero-order chi connectivity index (χ0) is 15.5. The first-order chi connectivity index (χ1) is 9.11. The van der Waals surface area contributed by atoms with Gasteiger partial charge in [-0.25, -0.2) is 9.59 Å². The first-order valence-electron chi connectivity index (χ1n) is 6.39. The number of aromatic nitrogens is 2. The lowest BCUT2D eigenvalue weighted by molar-refractivity contribution is -0.139. The van der Waals surface area contributed by atoms with Crippen molar-refractivity contribution in [3.63, 3.8) is 0 Å². The number of hydrogen-bond acceptors (Lipinski definition) is 3. The van der Waals surface area contributed by atoms with Crippen LogP contribution < -0.4 is 10.6 Å². The van der Waals surface area contributed by atoms with Crippen LogP contribution in [-0.2, 0) is 11.8 Å². The summed E-state index contributed by atoms with van der Waals surface area (Å²) in [5.74, 6) is -1.13. The molecule has 1 rings (SSSR count). The highest BCUT2D eigenvalue weighted by molar-refractivity contribution is 5.83. The Morgan fingerprint density at radius 1 is 1.35 bits per heavy atom. The van der Waals surface area contributed by atoms with E-state index in [1.807, 2.05) is 27.7 Å². The third kappa shape index (κ3) is 4.25. The number of carboxylic acid groups (broad SMARTS) is 1. The quantitative estimate of drug-likeness (QED) is 0.775. The predicted molar refractivity (Wildman–Crippen MR) is 74.2 cm³/mol. The number of carbonyl (C=O) groups excluding carboxylic acids is 1. The van der Waals surface area contributed by atoms with Crippen molar-refractivity contribution in [2.45, 2.75) is 39.8 Å². The Balaban J connectivity index is 2.72. The molecule has 2 atom stereocenters. The first-order valence-corrected chi connectivity index (χ1v) is 6.39. The van der Waals surface area contributed by atoms with Gasteiger partial charge in [0.2, 0.25) is 0 Å². The molecular weight excluding hydrogens is 260 g/mol. The molecule has 0 aliphatic carbocycles. The molecule has 7 nitrogen and oxygen atoms in total. The molecule has 0 radical (unpaired) electrons. The molecule has 112 valence electrons. The lowest BCUT2D eigenvalue weighted by atomic mass is 9.88. The molecule has 0 spiro atoms. The molecule has 1 aromatic heterocycles. The van der Waals surface area contributed by atoms with E-state index in [0.29, 0.717) is 5.56 Å². The van der Waals surface area contributed by atoms with Crippen LogP contribution in [0.25, 0.3) is 0 Å². The number of nitrogens with zero attached hydrogens (tertiary/aromatic N) is 2. The summed E-state index contributed by atoms with van der Waals surface area (Å²) in [6.07, 6.45) is 2.98. The fourth-order valence-corrected chi connectivity index (χ4v) is 1.46. The molecule has 7 heteroatoms. The Hall–Kier alpha value is -2.05. The number of carboxylic acids is 1. The fraction of sp³-hybridized carbons (Fsp3) is 0.615. The minimum absolute atomic E-state index is 0.0918. The highest BCUT2D eigenvalue weighted by Gasteiger charge is 2.26. The smallest absolute Gasteiger partial charge is 0.331 e. The highest BCUT2D eigenvalue weighted by Crippen LogP contribution is 2.18. The molecule has 0 aliphatic rings. The monoisotopic (exact) mass is 282 g/mol. The number of aliphatic carboxylic acids is 1. The number of rotatable bonds is 4. The summed E-state index contributed by atoms with van der Waals surface area (Å²) in [6, 6.07) is -1.72. The molecule has 0 bridgehead atoms. The largest absolute Gasteiger partial charge is 0.479 e. The van der Waals surface area contributed by atoms with Crippen LogP contribution in [0, 0.1) is 5.41 Å². The number of aryl methyl sites for hydroxylation is 1.